The minimum Gasteiger partial charge on any atom is 0 e. The van der Waals surface area contributed by atoms with Gasteiger partial charge in [0.1, 0.15) is 0 Å². The molecule has 9 heavy (non-hydrogen) atoms. The van der Waals surface area contributed by atoms with E-state index in [0.29, 0.717) is 0 Å². The van der Waals surface area contributed by atoms with Crippen molar-refractivity contribution in [3.63, 3.8) is 0 Å². The van der Waals surface area contributed by atoms with E-state index < -0.39 is 11.9 Å². The van der Waals surface area contributed by atoms with Crippen LogP contribution in [0.2, 0.25) is 0 Å². The van der Waals surface area contributed by atoms with Gasteiger partial charge >= 0.3 is 39.2 Å². The maximum Gasteiger partial charge on any atom is 0 e. The smallest absolute Gasteiger partial charge is 0 e. The van der Waals surface area contributed by atoms with Gasteiger partial charge in [0.25, 0.3) is 0 Å². The van der Waals surface area contributed by atoms with E-state index in [1.165, 1.54) is 0 Å². The van der Waals surface area contributed by atoms with Gasteiger partial charge < -0.3 is 15.7 Å². The SMILES string of the molecule is O.O=C(O)C(=O)O.[PbH2].[Zn]. The van der Waals surface area contributed by atoms with Gasteiger partial charge in [0.2, 0.25) is 0 Å². The van der Waals surface area contributed by atoms with Crippen LogP contribution in [0.15, 0.2) is 0 Å². The van der Waals surface area contributed by atoms with Crippen molar-refractivity contribution in [3.05, 3.63) is 0 Å². The Morgan fingerprint density at radius 2 is 1.11 bits per heavy atom. The number of carboxylic acids is 2. The Kier molecular flexibility index (Phi) is 28.4. The fraction of sp³-hybridized carbons (Fsp3) is 0. The van der Waals surface area contributed by atoms with Crippen molar-refractivity contribution >= 4 is 39.2 Å². The minimum atomic E-state index is -1.82. The summed E-state index contributed by atoms with van der Waals surface area (Å²) in [6, 6.07) is 0. The van der Waals surface area contributed by atoms with E-state index in [0.717, 1.165) is 0 Å². The summed E-state index contributed by atoms with van der Waals surface area (Å²) < 4.78 is 0. The summed E-state index contributed by atoms with van der Waals surface area (Å²) in [5.74, 6) is -3.65. The predicted molar refractivity (Wildman–Crippen MR) is 27.4 cm³/mol. The first-order valence-electron chi connectivity index (χ1n) is 1.11. The molecule has 0 spiro atoms. The molecule has 7 heteroatoms. The van der Waals surface area contributed by atoms with E-state index >= 15 is 0 Å². The van der Waals surface area contributed by atoms with Crippen LogP contribution in [0.4, 0.5) is 0 Å². The Balaban J connectivity index is -0.0000000417. The summed E-state index contributed by atoms with van der Waals surface area (Å²) in [6.07, 6.45) is 0. The monoisotopic (exact) mass is 382 g/mol. The van der Waals surface area contributed by atoms with Crippen LogP contribution in [0.25, 0.3) is 0 Å². The Morgan fingerprint density at radius 3 is 1.11 bits per heavy atom. The van der Waals surface area contributed by atoms with E-state index in [4.69, 9.17) is 19.8 Å². The van der Waals surface area contributed by atoms with Crippen LogP contribution in [0, 0.1) is 0 Å². The van der Waals surface area contributed by atoms with Crippen molar-refractivity contribution in [1.82, 2.24) is 0 Å². The van der Waals surface area contributed by atoms with Crippen molar-refractivity contribution in [3.8, 4) is 0 Å². The van der Waals surface area contributed by atoms with Gasteiger partial charge in [-0.15, -0.1) is 0 Å². The van der Waals surface area contributed by atoms with Crippen molar-refractivity contribution in [1.29, 1.82) is 0 Å². The van der Waals surface area contributed by atoms with Gasteiger partial charge in [0.05, 0.1) is 0 Å². The molecule has 0 unspecified atom stereocenters. The Morgan fingerprint density at radius 1 is 1.00 bits per heavy atom. The second kappa shape index (κ2) is 11.3. The zero-order valence-electron chi connectivity index (χ0n) is 4.63. The topological polar surface area (TPSA) is 106 Å². The number of hydrogen-bond donors (Lipinski definition) is 2. The average molecular weight is 383 g/mol. The van der Waals surface area contributed by atoms with Gasteiger partial charge in [0.15, 0.2) is 0 Å². The third kappa shape index (κ3) is 17.8. The first-order chi connectivity index (χ1) is 2.64. The largest absolute Gasteiger partial charge is 0 e. The molecule has 0 saturated carbocycles. The molecule has 5 nitrogen and oxygen atoms in total. The molecule has 0 rings (SSSR count). The van der Waals surface area contributed by atoms with Crippen LogP contribution in [0.5, 0.6) is 0 Å². The van der Waals surface area contributed by atoms with Crippen molar-refractivity contribution in [2.45, 2.75) is 0 Å². The van der Waals surface area contributed by atoms with Crippen LogP contribution in [-0.2, 0) is 29.1 Å². The fourth-order valence-electron chi connectivity index (χ4n) is 0. The molecule has 0 aromatic rings. The second-order valence-corrected chi connectivity index (χ2v) is 0.610. The molecule has 0 fully saturated rings. The van der Waals surface area contributed by atoms with Gasteiger partial charge in [-0.3, -0.25) is 0 Å². The number of carbonyl (C=O) groups is 2. The van der Waals surface area contributed by atoms with Gasteiger partial charge in [-0.05, 0) is 0 Å². The summed E-state index contributed by atoms with van der Waals surface area (Å²) in [4.78, 5) is 18.2. The zero-order chi connectivity index (χ0) is 5.15. The molecule has 0 aliphatic carbocycles. The van der Waals surface area contributed by atoms with E-state index in [1.54, 1.807) is 0 Å². The molecule has 0 aromatic carbocycles. The minimum absolute atomic E-state index is 0. The molecule has 0 aliphatic heterocycles. The van der Waals surface area contributed by atoms with E-state index in [-0.39, 0.29) is 52.3 Å². The molecule has 0 atom stereocenters. The van der Waals surface area contributed by atoms with Crippen LogP contribution in [0.3, 0.4) is 0 Å². The predicted octanol–water partition coefficient (Wildman–Crippen LogP) is -2.59. The Bertz CT molecular complexity index is 81.0. The number of aliphatic carboxylic acids is 2. The molecule has 0 amide bonds. The van der Waals surface area contributed by atoms with Crippen LogP contribution >= 0.6 is 0 Å². The van der Waals surface area contributed by atoms with Crippen molar-refractivity contribution < 1.29 is 44.8 Å². The summed E-state index contributed by atoms with van der Waals surface area (Å²) in [5, 5.41) is 14.8. The van der Waals surface area contributed by atoms with E-state index in [1.807, 2.05) is 0 Å². The summed E-state index contributed by atoms with van der Waals surface area (Å²) in [6.45, 7) is 0. The van der Waals surface area contributed by atoms with E-state index in [9.17, 15) is 0 Å². The number of hydrogen-bond acceptors (Lipinski definition) is 2. The summed E-state index contributed by atoms with van der Waals surface area (Å²) >= 11 is 0. The van der Waals surface area contributed by atoms with Crippen LogP contribution in [0.1, 0.15) is 0 Å². The van der Waals surface area contributed by atoms with Crippen molar-refractivity contribution in [2.75, 3.05) is 0 Å². The van der Waals surface area contributed by atoms with Gasteiger partial charge in [-0.2, -0.15) is 0 Å². The average Bonchev–Trinajstić information content (AvgIpc) is 1.36. The number of carboxylic acid groups (broad SMARTS) is 2. The molecule has 0 heterocycles. The zero-order valence-corrected chi connectivity index (χ0v) is 13.1. The van der Waals surface area contributed by atoms with E-state index in [2.05, 4.69) is 0 Å². The van der Waals surface area contributed by atoms with Crippen LogP contribution < -0.4 is 0 Å². The van der Waals surface area contributed by atoms with Gasteiger partial charge in [0, 0.05) is 19.5 Å². The first-order valence-corrected chi connectivity index (χ1v) is 1.11. The first kappa shape index (κ1) is 22.7. The summed E-state index contributed by atoms with van der Waals surface area (Å²) in [7, 11) is 0. The standard InChI is InChI=1S/C2H2O4.H2O.Pb.Zn.2H/c3-1(4)2(5)6;;;;;/h(H,3,4)(H,5,6);1H2;;;;. The normalized spacial score (nSPS) is 4.89. The molecule has 50 valence electrons. The van der Waals surface area contributed by atoms with Gasteiger partial charge in [-0.1, -0.05) is 0 Å². The molecular formula is C2H6O5PbZn. The van der Waals surface area contributed by atoms with Crippen molar-refractivity contribution in [2.24, 2.45) is 0 Å². The molecule has 0 aliphatic rings. The Labute approximate surface area is 83.7 Å². The maximum absolute atomic E-state index is 9.10. The molecular weight excluding hydrogens is 377 g/mol. The third-order valence-corrected chi connectivity index (χ3v) is 0.183. The molecule has 0 bridgehead atoms. The Hall–Kier alpha value is 0.445. The quantitative estimate of drug-likeness (QED) is 0.354. The number of rotatable bonds is 0. The van der Waals surface area contributed by atoms with Crippen LogP contribution in [-0.4, -0.2) is 54.9 Å². The summed E-state index contributed by atoms with van der Waals surface area (Å²) in [5.41, 5.74) is 0. The maximum atomic E-state index is 9.10. The second-order valence-electron chi connectivity index (χ2n) is 0.610. The third-order valence-electron chi connectivity index (χ3n) is 0.183. The molecule has 2 radical (unpaired) electrons. The molecule has 4 N–H and O–H groups in total. The van der Waals surface area contributed by atoms with Gasteiger partial charge in [-0.25, -0.2) is 9.59 Å². The molecule has 0 aromatic heterocycles. The fourth-order valence-corrected chi connectivity index (χ4v) is 0. The molecule has 0 saturated heterocycles.